The van der Waals surface area contributed by atoms with Crippen LogP contribution in [0.15, 0.2) is 12.2 Å². The van der Waals surface area contributed by atoms with E-state index in [0.717, 1.165) is 5.57 Å². The first-order valence-corrected chi connectivity index (χ1v) is 5.29. The second-order valence-electron chi connectivity index (χ2n) is 3.28. The summed E-state index contributed by atoms with van der Waals surface area (Å²) in [7, 11) is 0. The van der Waals surface area contributed by atoms with Gasteiger partial charge in [-0.25, -0.2) is 0 Å². The fourth-order valence-electron chi connectivity index (χ4n) is 1.37. The van der Waals surface area contributed by atoms with Crippen LogP contribution in [0.5, 0.6) is 0 Å². The number of rotatable bonds is 2. The second-order valence-corrected chi connectivity index (χ2v) is 4.62. The molecule has 2 atom stereocenters. The molecule has 1 saturated heterocycles. The SMILES string of the molecule is C=C(C)C(N)C1CCCCS1. The van der Waals surface area contributed by atoms with Crippen molar-refractivity contribution in [2.24, 2.45) is 5.73 Å². The van der Waals surface area contributed by atoms with Crippen molar-refractivity contribution < 1.29 is 0 Å². The molecular formula is C9H17NS. The van der Waals surface area contributed by atoms with E-state index in [0.29, 0.717) is 5.25 Å². The molecule has 11 heavy (non-hydrogen) atoms. The average molecular weight is 171 g/mol. The van der Waals surface area contributed by atoms with E-state index < -0.39 is 0 Å². The maximum Gasteiger partial charge on any atom is 0.0369 e. The number of thioether (sulfide) groups is 1. The highest BCUT2D eigenvalue weighted by molar-refractivity contribution is 8.00. The highest BCUT2D eigenvalue weighted by Crippen LogP contribution is 2.28. The third-order valence-electron chi connectivity index (χ3n) is 2.18. The summed E-state index contributed by atoms with van der Waals surface area (Å²) in [6, 6.07) is 0.222. The lowest BCUT2D eigenvalue weighted by atomic mass is 10.0. The van der Waals surface area contributed by atoms with Crippen LogP contribution in [0.1, 0.15) is 26.2 Å². The van der Waals surface area contributed by atoms with Crippen LogP contribution in [0.25, 0.3) is 0 Å². The Balaban J connectivity index is 2.38. The molecule has 0 aromatic carbocycles. The summed E-state index contributed by atoms with van der Waals surface area (Å²) in [5.41, 5.74) is 7.10. The van der Waals surface area contributed by atoms with Crippen molar-refractivity contribution in [1.82, 2.24) is 0 Å². The third-order valence-corrected chi connectivity index (χ3v) is 3.67. The smallest absolute Gasteiger partial charge is 0.0369 e. The van der Waals surface area contributed by atoms with Crippen molar-refractivity contribution in [3.8, 4) is 0 Å². The van der Waals surface area contributed by atoms with Crippen LogP contribution >= 0.6 is 11.8 Å². The van der Waals surface area contributed by atoms with Crippen molar-refractivity contribution in [2.45, 2.75) is 37.5 Å². The van der Waals surface area contributed by atoms with Crippen molar-refractivity contribution in [3.63, 3.8) is 0 Å². The fraction of sp³-hybridized carbons (Fsp3) is 0.778. The monoisotopic (exact) mass is 171 g/mol. The van der Waals surface area contributed by atoms with Gasteiger partial charge in [0.05, 0.1) is 0 Å². The van der Waals surface area contributed by atoms with Crippen LogP contribution in [-0.4, -0.2) is 17.0 Å². The maximum absolute atomic E-state index is 5.97. The van der Waals surface area contributed by atoms with Gasteiger partial charge in [-0.15, -0.1) is 0 Å². The van der Waals surface area contributed by atoms with Crippen LogP contribution < -0.4 is 5.73 Å². The van der Waals surface area contributed by atoms with Crippen LogP contribution in [0, 0.1) is 0 Å². The number of hydrogen-bond acceptors (Lipinski definition) is 2. The summed E-state index contributed by atoms with van der Waals surface area (Å²) in [5.74, 6) is 1.28. The second kappa shape index (κ2) is 4.17. The highest BCUT2D eigenvalue weighted by Gasteiger charge is 2.20. The third kappa shape index (κ3) is 2.53. The van der Waals surface area contributed by atoms with E-state index >= 15 is 0 Å². The van der Waals surface area contributed by atoms with Crippen LogP contribution in [0.3, 0.4) is 0 Å². The van der Waals surface area contributed by atoms with Gasteiger partial charge in [0.15, 0.2) is 0 Å². The summed E-state index contributed by atoms with van der Waals surface area (Å²) in [4.78, 5) is 0. The van der Waals surface area contributed by atoms with Gasteiger partial charge in [0.25, 0.3) is 0 Å². The Morgan fingerprint density at radius 3 is 2.82 bits per heavy atom. The van der Waals surface area contributed by atoms with E-state index in [9.17, 15) is 0 Å². The molecule has 1 heterocycles. The van der Waals surface area contributed by atoms with Gasteiger partial charge in [-0.05, 0) is 25.5 Å². The minimum Gasteiger partial charge on any atom is -0.323 e. The molecule has 0 radical (unpaired) electrons. The van der Waals surface area contributed by atoms with Crippen LogP contribution in [-0.2, 0) is 0 Å². The molecule has 0 spiro atoms. The largest absolute Gasteiger partial charge is 0.323 e. The molecule has 64 valence electrons. The van der Waals surface area contributed by atoms with E-state index in [-0.39, 0.29) is 6.04 Å². The molecule has 0 bridgehead atoms. The van der Waals surface area contributed by atoms with Gasteiger partial charge in [-0.2, -0.15) is 11.8 Å². The minimum absolute atomic E-state index is 0.222. The fourth-order valence-corrected chi connectivity index (χ4v) is 2.81. The van der Waals surface area contributed by atoms with E-state index in [1.807, 2.05) is 18.7 Å². The average Bonchev–Trinajstić information content (AvgIpc) is 2.05. The minimum atomic E-state index is 0.222. The normalized spacial score (nSPS) is 28.0. The lowest BCUT2D eigenvalue weighted by Gasteiger charge is -2.27. The van der Waals surface area contributed by atoms with Gasteiger partial charge in [0, 0.05) is 11.3 Å². The zero-order valence-electron chi connectivity index (χ0n) is 7.18. The first-order chi connectivity index (χ1) is 5.22. The molecular weight excluding hydrogens is 154 g/mol. The van der Waals surface area contributed by atoms with Gasteiger partial charge in [-0.3, -0.25) is 0 Å². The highest BCUT2D eigenvalue weighted by atomic mass is 32.2. The number of hydrogen-bond donors (Lipinski definition) is 1. The molecule has 0 aromatic rings. The van der Waals surface area contributed by atoms with Crippen molar-refractivity contribution in [1.29, 1.82) is 0 Å². The molecule has 0 aromatic heterocycles. The molecule has 0 amide bonds. The first kappa shape index (κ1) is 9.14. The Morgan fingerprint density at radius 1 is 1.64 bits per heavy atom. The van der Waals surface area contributed by atoms with E-state index in [4.69, 9.17) is 5.73 Å². The van der Waals surface area contributed by atoms with Gasteiger partial charge >= 0.3 is 0 Å². The van der Waals surface area contributed by atoms with E-state index in [1.165, 1.54) is 25.0 Å². The zero-order chi connectivity index (χ0) is 8.27. The molecule has 2 unspecified atom stereocenters. The molecule has 2 N–H and O–H groups in total. The Labute approximate surface area is 73.4 Å². The maximum atomic E-state index is 5.97. The lowest BCUT2D eigenvalue weighted by molar-refractivity contribution is 0.606. The standard InChI is InChI=1S/C9H17NS/c1-7(2)9(10)8-5-3-4-6-11-8/h8-9H,1,3-6,10H2,2H3. The Bertz CT molecular complexity index is 138. The molecule has 0 saturated carbocycles. The molecule has 1 aliphatic rings. The molecule has 0 aliphatic carbocycles. The van der Waals surface area contributed by atoms with E-state index in [1.54, 1.807) is 0 Å². The summed E-state index contributed by atoms with van der Waals surface area (Å²) in [5, 5.41) is 0.640. The molecule has 1 fully saturated rings. The zero-order valence-corrected chi connectivity index (χ0v) is 7.99. The quantitative estimate of drug-likeness (QED) is 0.644. The van der Waals surface area contributed by atoms with Crippen LogP contribution in [0.2, 0.25) is 0 Å². The summed E-state index contributed by atoms with van der Waals surface area (Å²) in [6.07, 6.45) is 3.99. The Hall–Kier alpha value is 0.0500. The lowest BCUT2D eigenvalue weighted by Crippen LogP contribution is -2.34. The Morgan fingerprint density at radius 2 is 2.36 bits per heavy atom. The summed E-state index contributed by atoms with van der Waals surface area (Å²) < 4.78 is 0. The molecule has 1 nitrogen and oxygen atoms in total. The number of nitrogens with two attached hydrogens (primary N) is 1. The van der Waals surface area contributed by atoms with Gasteiger partial charge in [0.1, 0.15) is 0 Å². The van der Waals surface area contributed by atoms with Gasteiger partial charge < -0.3 is 5.73 Å². The summed E-state index contributed by atoms with van der Waals surface area (Å²) >= 11 is 2.01. The molecule has 1 rings (SSSR count). The Kier molecular flexibility index (Phi) is 3.46. The molecule has 2 heteroatoms. The first-order valence-electron chi connectivity index (χ1n) is 4.24. The van der Waals surface area contributed by atoms with Crippen molar-refractivity contribution >= 4 is 11.8 Å². The van der Waals surface area contributed by atoms with E-state index in [2.05, 4.69) is 6.58 Å². The van der Waals surface area contributed by atoms with Crippen LogP contribution in [0.4, 0.5) is 0 Å². The van der Waals surface area contributed by atoms with Gasteiger partial charge in [0.2, 0.25) is 0 Å². The van der Waals surface area contributed by atoms with Crippen molar-refractivity contribution in [3.05, 3.63) is 12.2 Å². The predicted molar refractivity (Wildman–Crippen MR) is 52.9 cm³/mol. The summed E-state index contributed by atoms with van der Waals surface area (Å²) in [6.45, 7) is 5.92. The van der Waals surface area contributed by atoms with Crippen molar-refractivity contribution in [2.75, 3.05) is 5.75 Å². The predicted octanol–water partition coefficient (Wildman–Crippen LogP) is 2.18. The topological polar surface area (TPSA) is 26.0 Å². The molecule has 1 aliphatic heterocycles. The van der Waals surface area contributed by atoms with Gasteiger partial charge in [-0.1, -0.05) is 18.6 Å².